The minimum Gasteiger partial charge on any atom is -0.462 e. The van der Waals surface area contributed by atoms with E-state index in [4.69, 9.17) is 4.74 Å². The van der Waals surface area contributed by atoms with E-state index in [1.54, 1.807) is 6.92 Å². The Bertz CT molecular complexity index is 1020. The van der Waals surface area contributed by atoms with Crippen molar-refractivity contribution in [2.24, 2.45) is 22.7 Å². The molecule has 32 heavy (non-hydrogen) atoms. The van der Waals surface area contributed by atoms with Crippen LogP contribution in [0, 0.1) is 17.8 Å². The standard InChI is InChI=1S/C23H27N3O5S/c1-2-31-22(29)18-14-5-3-4-6-17(14)32-20(18)24-11-15-19(27)25-23(30)26(21(15)28)16-10-12-7-8-13(16)9-12/h11-13,15-16H,2-10H2,1H3,(H,25,27,30)/t12-,13-,15-,16-/m0/s1. The number of fused-ring (bicyclic) bond motifs is 3. The van der Waals surface area contributed by atoms with Crippen molar-refractivity contribution >= 4 is 46.4 Å². The number of thiophene rings is 1. The van der Waals surface area contributed by atoms with Crippen LogP contribution in [0.5, 0.6) is 0 Å². The van der Waals surface area contributed by atoms with E-state index in [2.05, 4.69) is 10.3 Å². The number of rotatable bonds is 5. The number of barbiturate groups is 1. The van der Waals surface area contributed by atoms with Gasteiger partial charge in [0.25, 0.3) is 0 Å². The van der Waals surface area contributed by atoms with Gasteiger partial charge in [0.15, 0.2) is 5.92 Å². The van der Waals surface area contributed by atoms with Crippen molar-refractivity contribution in [1.29, 1.82) is 0 Å². The van der Waals surface area contributed by atoms with Crippen LogP contribution in [0.3, 0.4) is 0 Å². The van der Waals surface area contributed by atoms with Crippen LogP contribution in [-0.4, -0.2) is 47.6 Å². The van der Waals surface area contributed by atoms with Crippen molar-refractivity contribution in [2.75, 3.05) is 6.61 Å². The Hall–Kier alpha value is -2.55. The third-order valence-electron chi connectivity index (χ3n) is 7.24. The lowest BCUT2D eigenvalue weighted by molar-refractivity contribution is -0.141. The van der Waals surface area contributed by atoms with Gasteiger partial charge in [-0.15, -0.1) is 11.3 Å². The quantitative estimate of drug-likeness (QED) is 0.415. The summed E-state index contributed by atoms with van der Waals surface area (Å²) < 4.78 is 5.25. The summed E-state index contributed by atoms with van der Waals surface area (Å²) in [4.78, 5) is 57.7. The summed E-state index contributed by atoms with van der Waals surface area (Å²) in [5.41, 5.74) is 1.43. The molecule has 1 saturated heterocycles. The Balaban J connectivity index is 1.43. The monoisotopic (exact) mass is 457 g/mol. The average molecular weight is 458 g/mol. The second kappa shape index (κ2) is 8.42. The molecule has 4 aliphatic rings. The highest BCUT2D eigenvalue weighted by atomic mass is 32.1. The summed E-state index contributed by atoms with van der Waals surface area (Å²) in [5.74, 6) is -1.90. The summed E-state index contributed by atoms with van der Waals surface area (Å²) in [5, 5.41) is 2.81. The highest BCUT2D eigenvalue weighted by Crippen LogP contribution is 2.47. The van der Waals surface area contributed by atoms with Crippen molar-refractivity contribution < 1.29 is 23.9 Å². The molecule has 2 saturated carbocycles. The molecule has 4 amide bonds. The van der Waals surface area contributed by atoms with Crippen LogP contribution < -0.4 is 5.32 Å². The van der Waals surface area contributed by atoms with Gasteiger partial charge in [-0.2, -0.15) is 0 Å². The third-order valence-corrected chi connectivity index (χ3v) is 8.44. The lowest BCUT2D eigenvalue weighted by Crippen LogP contribution is -2.62. The predicted molar refractivity (Wildman–Crippen MR) is 118 cm³/mol. The molecule has 3 aliphatic carbocycles. The van der Waals surface area contributed by atoms with Gasteiger partial charge in [-0.1, -0.05) is 6.42 Å². The normalized spacial score (nSPS) is 29.5. The van der Waals surface area contributed by atoms with Crippen LogP contribution in [0.4, 0.5) is 9.80 Å². The van der Waals surface area contributed by atoms with Gasteiger partial charge in [-0.25, -0.2) is 14.6 Å². The number of carbonyl (C=O) groups excluding carboxylic acids is 4. The molecule has 2 heterocycles. The average Bonchev–Trinajstić information content (AvgIpc) is 3.47. The van der Waals surface area contributed by atoms with Crippen LogP contribution in [0.2, 0.25) is 0 Å². The fourth-order valence-electron chi connectivity index (χ4n) is 5.78. The van der Waals surface area contributed by atoms with E-state index in [0.717, 1.165) is 61.8 Å². The summed E-state index contributed by atoms with van der Waals surface area (Å²) in [6.45, 7) is 2.02. The molecule has 5 rings (SSSR count). The summed E-state index contributed by atoms with van der Waals surface area (Å²) in [6, 6.07) is -0.768. The van der Waals surface area contributed by atoms with E-state index in [9.17, 15) is 19.2 Å². The molecule has 0 spiro atoms. The minimum atomic E-state index is -1.18. The lowest BCUT2D eigenvalue weighted by Gasteiger charge is -2.36. The highest BCUT2D eigenvalue weighted by molar-refractivity contribution is 7.16. The molecule has 1 aromatic rings. The number of aryl methyl sites for hydroxylation is 1. The fraction of sp³-hybridized carbons (Fsp3) is 0.609. The SMILES string of the molecule is CCOC(=O)c1c(N=C[C@H]2C(=O)NC(=O)N([C@H]3C[C@H]4CC[C@H]3C4)C2=O)sc2c1CCCC2. The van der Waals surface area contributed by atoms with Crippen LogP contribution in [0.25, 0.3) is 0 Å². The highest BCUT2D eigenvalue weighted by Gasteiger charge is 2.50. The smallest absolute Gasteiger partial charge is 0.341 e. The molecular formula is C23H27N3O5S. The zero-order valence-corrected chi connectivity index (χ0v) is 18.9. The lowest BCUT2D eigenvalue weighted by atomic mass is 9.92. The molecule has 4 atom stereocenters. The Morgan fingerprint density at radius 3 is 2.75 bits per heavy atom. The Morgan fingerprint density at radius 1 is 1.22 bits per heavy atom. The molecule has 0 unspecified atom stereocenters. The van der Waals surface area contributed by atoms with Crippen LogP contribution in [0.1, 0.15) is 66.2 Å². The summed E-state index contributed by atoms with van der Waals surface area (Å²) >= 11 is 1.42. The van der Waals surface area contributed by atoms with Crippen molar-refractivity contribution in [3.63, 3.8) is 0 Å². The maximum Gasteiger partial charge on any atom is 0.341 e. The molecule has 3 fully saturated rings. The maximum atomic E-state index is 13.2. The number of carbonyl (C=O) groups is 4. The second-order valence-corrected chi connectivity index (χ2v) is 10.2. The predicted octanol–water partition coefficient (Wildman–Crippen LogP) is 3.39. The van der Waals surface area contributed by atoms with E-state index in [-0.39, 0.29) is 12.6 Å². The van der Waals surface area contributed by atoms with E-state index in [1.165, 1.54) is 22.5 Å². The Kier molecular flexibility index (Phi) is 5.61. The molecule has 1 aromatic heterocycles. The number of nitrogens with one attached hydrogen (secondary N) is 1. The summed E-state index contributed by atoms with van der Waals surface area (Å²) in [7, 11) is 0. The van der Waals surface area contributed by atoms with E-state index < -0.39 is 29.7 Å². The number of aliphatic imine (C=N–C) groups is 1. The number of urea groups is 1. The van der Waals surface area contributed by atoms with Gasteiger partial charge in [-0.3, -0.25) is 19.8 Å². The molecule has 8 nitrogen and oxygen atoms in total. The number of esters is 1. The molecule has 0 radical (unpaired) electrons. The zero-order chi connectivity index (χ0) is 22.4. The first-order chi connectivity index (χ1) is 15.5. The minimum absolute atomic E-state index is 0.144. The molecule has 9 heteroatoms. The van der Waals surface area contributed by atoms with Crippen LogP contribution in [0.15, 0.2) is 4.99 Å². The number of amides is 4. The Labute approximate surface area is 190 Å². The van der Waals surface area contributed by atoms with Crippen molar-refractivity contribution in [1.82, 2.24) is 10.2 Å². The molecule has 1 N–H and O–H groups in total. The first-order valence-corrected chi connectivity index (χ1v) is 12.3. The van der Waals surface area contributed by atoms with Gasteiger partial charge in [-0.05, 0) is 69.3 Å². The molecule has 2 bridgehead atoms. The van der Waals surface area contributed by atoms with Gasteiger partial charge in [0.1, 0.15) is 5.00 Å². The topological polar surface area (TPSA) is 105 Å². The van der Waals surface area contributed by atoms with Gasteiger partial charge in [0.05, 0.1) is 12.2 Å². The summed E-state index contributed by atoms with van der Waals surface area (Å²) in [6.07, 6.45) is 9.06. The second-order valence-electron chi connectivity index (χ2n) is 9.11. The van der Waals surface area contributed by atoms with Crippen LogP contribution in [-0.2, 0) is 27.2 Å². The zero-order valence-electron chi connectivity index (χ0n) is 18.1. The molecular weight excluding hydrogens is 430 g/mol. The van der Waals surface area contributed by atoms with E-state index in [1.807, 2.05) is 0 Å². The first-order valence-electron chi connectivity index (χ1n) is 11.5. The number of nitrogens with zero attached hydrogens (tertiary/aromatic N) is 2. The fourth-order valence-corrected chi connectivity index (χ4v) is 7.01. The van der Waals surface area contributed by atoms with Crippen molar-refractivity contribution in [2.45, 2.75) is 64.3 Å². The number of hydrogen-bond donors (Lipinski definition) is 1. The number of hydrogen-bond acceptors (Lipinski definition) is 7. The van der Waals surface area contributed by atoms with E-state index in [0.29, 0.717) is 22.4 Å². The van der Waals surface area contributed by atoms with E-state index >= 15 is 0 Å². The van der Waals surface area contributed by atoms with Crippen molar-refractivity contribution in [3.8, 4) is 0 Å². The molecule has 1 aliphatic heterocycles. The van der Waals surface area contributed by atoms with Gasteiger partial charge >= 0.3 is 12.0 Å². The third kappa shape index (κ3) is 3.56. The first kappa shape index (κ1) is 21.3. The van der Waals surface area contributed by atoms with Gasteiger partial charge in [0.2, 0.25) is 11.8 Å². The number of imide groups is 2. The Morgan fingerprint density at radius 2 is 2.03 bits per heavy atom. The number of ether oxygens (including phenoxy) is 1. The van der Waals surface area contributed by atoms with Crippen molar-refractivity contribution in [3.05, 3.63) is 16.0 Å². The van der Waals surface area contributed by atoms with Crippen LogP contribution >= 0.6 is 11.3 Å². The maximum absolute atomic E-state index is 13.2. The van der Waals surface area contributed by atoms with Gasteiger partial charge < -0.3 is 4.74 Å². The van der Waals surface area contributed by atoms with Gasteiger partial charge in [0, 0.05) is 17.1 Å². The molecule has 170 valence electrons. The molecule has 0 aromatic carbocycles. The largest absolute Gasteiger partial charge is 0.462 e.